The van der Waals surface area contributed by atoms with Gasteiger partial charge in [-0.3, -0.25) is 0 Å². The van der Waals surface area contributed by atoms with Crippen LogP contribution in [0.25, 0.3) is 0 Å². The van der Waals surface area contributed by atoms with Crippen molar-refractivity contribution in [3.8, 4) is 0 Å². The zero-order chi connectivity index (χ0) is 0. The van der Waals surface area contributed by atoms with Crippen molar-refractivity contribution in [2.24, 2.45) is 0 Å². The van der Waals surface area contributed by atoms with Gasteiger partial charge >= 0.3 is 109 Å². The standard InChI is InChI=1S/Bi.In.O.Sn.Y/q2*+3;-2;+4;+3. The van der Waals surface area contributed by atoms with Crippen molar-refractivity contribution in [1.82, 2.24) is 0 Å². The molecular weight excluding hydrogens is 547 g/mol. The van der Waals surface area contributed by atoms with E-state index in [-0.39, 0.29) is 114 Å². The van der Waals surface area contributed by atoms with Crippen LogP contribution in [0.4, 0.5) is 0 Å². The fourth-order valence-corrected chi connectivity index (χ4v) is 0. The van der Waals surface area contributed by atoms with E-state index in [0.717, 1.165) is 0 Å². The fraction of sp³-hybridized carbons (Fsp3) is 0. The van der Waals surface area contributed by atoms with Crippen LogP contribution in [0.1, 0.15) is 0 Å². The van der Waals surface area contributed by atoms with E-state index in [1.165, 1.54) is 0 Å². The van der Waals surface area contributed by atoms with Crippen LogP contribution in [0.2, 0.25) is 0 Å². The van der Waals surface area contributed by atoms with Crippen LogP contribution in [0.15, 0.2) is 0 Å². The molecule has 0 unspecified atom stereocenters. The first-order valence-electron chi connectivity index (χ1n) is 0. The molecule has 0 saturated heterocycles. The van der Waals surface area contributed by atoms with Gasteiger partial charge in [-0.15, -0.1) is 0 Å². The summed E-state index contributed by atoms with van der Waals surface area (Å²) in [6.45, 7) is 0. The number of rotatable bonds is 0. The van der Waals surface area contributed by atoms with Gasteiger partial charge in [-0.25, -0.2) is 0 Å². The predicted octanol–water partition coefficient (Wildman–Crippen LogP) is -1.26. The molecule has 0 aliphatic heterocycles. The summed E-state index contributed by atoms with van der Waals surface area (Å²) in [6.07, 6.45) is 0. The largest absolute Gasteiger partial charge is 4.00 e. The van der Waals surface area contributed by atoms with E-state index in [9.17, 15) is 0 Å². The van der Waals surface area contributed by atoms with E-state index in [0.29, 0.717) is 0 Å². The third-order valence-corrected chi connectivity index (χ3v) is 0. The second kappa shape index (κ2) is 25.5. The van der Waals surface area contributed by atoms with Gasteiger partial charge in [-0.05, 0) is 0 Å². The average Bonchev–Trinajstić information content (AvgIpc) is 0. The molecule has 0 atom stereocenters. The minimum Gasteiger partial charge on any atom is -2.00 e. The van der Waals surface area contributed by atoms with Crippen molar-refractivity contribution in [2.45, 2.75) is 0 Å². The molecule has 0 spiro atoms. The second-order valence-corrected chi connectivity index (χ2v) is 0. The zero-order valence-electron chi connectivity index (χ0n) is 2.51. The van der Waals surface area contributed by atoms with Crippen molar-refractivity contribution in [1.29, 1.82) is 0 Å². The first-order valence-corrected chi connectivity index (χ1v) is 0. The summed E-state index contributed by atoms with van der Waals surface area (Å²) >= 11 is 0. The Morgan fingerprint density at radius 2 is 1.00 bits per heavy atom. The first kappa shape index (κ1) is 38.2. The Labute approximate surface area is 111 Å². The molecule has 10 valence electrons. The van der Waals surface area contributed by atoms with E-state index >= 15 is 0 Å². The third kappa shape index (κ3) is 18.4. The summed E-state index contributed by atoms with van der Waals surface area (Å²) in [5.74, 6) is 0. The van der Waals surface area contributed by atoms with E-state index in [2.05, 4.69) is 0 Å². The molecule has 0 fully saturated rings. The molecule has 0 aromatic carbocycles. The summed E-state index contributed by atoms with van der Waals surface area (Å²) in [5.41, 5.74) is 0. The summed E-state index contributed by atoms with van der Waals surface area (Å²) in [5, 5.41) is 0. The molecule has 0 heterocycles. The Bertz CT molecular complexity index is 11.6. The van der Waals surface area contributed by atoms with Gasteiger partial charge in [-0.1, -0.05) is 0 Å². The molecule has 0 saturated carbocycles. The fourth-order valence-electron chi connectivity index (χ4n) is 0. The molecule has 0 bridgehead atoms. The van der Waals surface area contributed by atoms with Gasteiger partial charge in [0.1, 0.15) is 0 Å². The Kier molecular flexibility index (Phi) is 195. The molecular formula is BiInOSnY+11. The van der Waals surface area contributed by atoms with Crippen molar-refractivity contribution in [3.05, 3.63) is 0 Å². The Hall–Kier alpha value is 3.62. The van der Waals surface area contributed by atoms with E-state index in [4.69, 9.17) is 0 Å². The molecule has 5 heavy (non-hydrogen) atoms. The van der Waals surface area contributed by atoms with Crippen LogP contribution in [0, 0.1) is 0 Å². The van der Waals surface area contributed by atoms with Crippen LogP contribution in [0.3, 0.4) is 0 Å². The van der Waals surface area contributed by atoms with Gasteiger partial charge in [0.25, 0.3) is 0 Å². The molecule has 5 heteroatoms. The molecule has 0 aliphatic carbocycles. The van der Waals surface area contributed by atoms with E-state index < -0.39 is 0 Å². The van der Waals surface area contributed by atoms with E-state index in [1.54, 1.807) is 0 Å². The van der Waals surface area contributed by atoms with Crippen LogP contribution in [-0.4, -0.2) is 76.0 Å². The van der Waals surface area contributed by atoms with Gasteiger partial charge in [0.2, 0.25) is 0 Å². The minimum absolute atomic E-state index is 0. The minimum atomic E-state index is 0. The van der Waals surface area contributed by atoms with Crippen molar-refractivity contribution >= 4 is 76.0 Å². The van der Waals surface area contributed by atoms with Crippen molar-refractivity contribution < 1.29 is 38.2 Å². The third-order valence-electron chi connectivity index (χ3n) is 0. The van der Waals surface area contributed by atoms with Crippen molar-refractivity contribution in [3.63, 3.8) is 0 Å². The molecule has 0 N–H and O–H groups in total. The molecule has 0 aromatic heterocycles. The van der Waals surface area contributed by atoms with Gasteiger partial charge in [-0.2, -0.15) is 0 Å². The molecule has 0 aromatic rings. The van der Waals surface area contributed by atoms with Gasteiger partial charge in [0, 0.05) is 0 Å². The Morgan fingerprint density at radius 3 is 1.00 bits per heavy atom. The van der Waals surface area contributed by atoms with Gasteiger partial charge < -0.3 is 5.48 Å². The van der Waals surface area contributed by atoms with Crippen LogP contribution in [0.5, 0.6) is 0 Å². The number of hydrogen-bond acceptors (Lipinski definition) is 0. The normalized spacial score (nSPS) is 0. The Morgan fingerprint density at radius 1 is 1.00 bits per heavy atom. The van der Waals surface area contributed by atoms with Gasteiger partial charge in [0.05, 0.1) is 0 Å². The topological polar surface area (TPSA) is 28.5 Å². The summed E-state index contributed by atoms with van der Waals surface area (Å²) in [7, 11) is 0. The summed E-state index contributed by atoms with van der Waals surface area (Å²) < 4.78 is 0. The maximum absolute atomic E-state index is 0. The quantitative estimate of drug-likeness (QED) is 0.339. The zero-order valence-corrected chi connectivity index (χ0v) is 15.0. The molecule has 1 nitrogen and oxygen atoms in total. The number of hydrogen-bond donors (Lipinski definition) is 0. The maximum Gasteiger partial charge on any atom is 4.00 e. The smallest absolute Gasteiger partial charge is 2.00 e. The average molecular weight is 547 g/mol. The summed E-state index contributed by atoms with van der Waals surface area (Å²) in [6, 6.07) is 0. The SMILES string of the molecule is [Bi+3].[In+3].[O-2].[Sn+4].[Y+3]. The molecule has 0 aliphatic rings. The summed E-state index contributed by atoms with van der Waals surface area (Å²) in [4.78, 5) is 0. The Balaban J connectivity index is 0. The second-order valence-electron chi connectivity index (χ2n) is 0. The first-order chi connectivity index (χ1) is 0. The molecule has 0 rings (SSSR count). The van der Waals surface area contributed by atoms with Crippen molar-refractivity contribution in [2.75, 3.05) is 0 Å². The van der Waals surface area contributed by atoms with E-state index in [1.807, 2.05) is 0 Å². The van der Waals surface area contributed by atoms with Crippen LogP contribution in [-0.2, 0) is 38.2 Å². The molecule has 2 radical (unpaired) electrons. The molecule has 0 amide bonds. The van der Waals surface area contributed by atoms with Crippen LogP contribution >= 0.6 is 0 Å². The monoisotopic (exact) mass is 549 g/mol. The van der Waals surface area contributed by atoms with Crippen LogP contribution < -0.4 is 0 Å². The van der Waals surface area contributed by atoms with Gasteiger partial charge in [0.15, 0.2) is 0 Å². The maximum atomic E-state index is 0. The predicted molar refractivity (Wildman–Crippen MR) is 17.9 cm³/mol.